The standard InChI is InChI=1S/C15H12F4N2O2/c1-14(16,17)15(18,19)10-3-5-11(6-4-10)23-12-7-2-9(8-21-12)13(20)22/h2-8H,1H3,(H2,20,22). The van der Waals surface area contributed by atoms with Gasteiger partial charge in [-0.3, -0.25) is 4.79 Å². The van der Waals surface area contributed by atoms with Gasteiger partial charge in [0.25, 0.3) is 0 Å². The molecule has 0 unspecified atom stereocenters. The third-order valence-electron chi connectivity index (χ3n) is 3.01. The summed E-state index contributed by atoms with van der Waals surface area (Å²) in [5, 5.41) is 0. The number of hydrogen-bond acceptors (Lipinski definition) is 3. The van der Waals surface area contributed by atoms with Gasteiger partial charge in [-0.25, -0.2) is 4.98 Å². The van der Waals surface area contributed by atoms with Crippen LogP contribution in [0.15, 0.2) is 42.6 Å². The lowest BCUT2D eigenvalue weighted by Gasteiger charge is -2.23. The van der Waals surface area contributed by atoms with E-state index >= 15 is 0 Å². The summed E-state index contributed by atoms with van der Waals surface area (Å²) in [4.78, 5) is 14.7. The maximum atomic E-state index is 13.5. The van der Waals surface area contributed by atoms with E-state index in [0.29, 0.717) is 0 Å². The Labute approximate surface area is 128 Å². The molecular formula is C15H12F4N2O2. The summed E-state index contributed by atoms with van der Waals surface area (Å²) >= 11 is 0. The molecule has 0 saturated heterocycles. The summed E-state index contributed by atoms with van der Waals surface area (Å²) < 4.78 is 58.1. The SMILES string of the molecule is CC(F)(F)C(F)(F)c1ccc(Oc2ccc(C(N)=O)cn2)cc1. The van der Waals surface area contributed by atoms with Crippen LogP contribution < -0.4 is 10.5 Å². The van der Waals surface area contributed by atoms with Crippen molar-refractivity contribution in [1.29, 1.82) is 0 Å². The van der Waals surface area contributed by atoms with Crippen molar-refractivity contribution in [3.8, 4) is 11.6 Å². The number of nitrogens with two attached hydrogens (primary N) is 1. The van der Waals surface area contributed by atoms with Crippen molar-refractivity contribution in [2.24, 2.45) is 5.73 Å². The quantitative estimate of drug-likeness (QED) is 0.851. The van der Waals surface area contributed by atoms with Crippen LogP contribution in [0.2, 0.25) is 0 Å². The van der Waals surface area contributed by atoms with Gasteiger partial charge in [0.2, 0.25) is 11.8 Å². The number of nitrogens with zero attached hydrogens (tertiary/aromatic N) is 1. The molecule has 0 saturated carbocycles. The lowest BCUT2D eigenvalue weighted by Crippen LogP contribution is -2.34. The van der Waals surface area contributed by atoms with Crippen molar-refractivity contribution in [3.63, 3.8) is 0 Å². The smallest absolute Gasteiger partial charge is 0.335 e. The summed E-state index contributed by atoms with van der Waals surface area (Å²) in [5.41, 5.74) is 4.41. The average molecular weight is 328 g/mol. The van der Waals surface area contributed by atoms with E-state index in [4.69, 9.17) is 10.5 Å². The van der Waals surface area contributed by atoms with E-state index in [0.717, 1.165) is 24.3 Å². The van der Waals surface area contributed by atoms with E-state index in [1.807, 2.05) is 0 Å². The fourth-order valence-corrected chi connectivity index (χ4v) is 1.69. The lowest BCUT2D eigenvalue weighted by molar-refractivity contribution is -0.204. The molecule has 2 N–H and O–H groups in total. The van der Waals surface area contributed by atoms with E-state index < -0.39 is 23.3 Å². The first kappa shape index (κ1) is 16.7. The molecule has 1 amide bonds. The van der Waals surface area contributed by atoms with Crippen molar-refractivity contribution in [2.75, 3.05) is 0 Å². The van der Waals surface area contributed by atoms with Crippen molar-refractivity contribution < 1.29 is 27.1 Å². The number of pyridine rings is 1. The van der Waals surface area contributed by atoms with Gasteiger partial charge in [-0.15, -0.1) is 0 Å². The Morgan fingerprint density at radius 3 is 2.13 bits per heavy atom. The molecule has 2 aromatic rings. The third kappa shape index (κ3) is 3.58. The number of primary amides is 1. The number of aromatic nitrogens is 1. The molecule has 122 valence electrons. The summed E-state index contributed by atoms with van der Waals surface area (Å²) in [7, 11) is 0. The van der Waals surface area contributed by atoms with Crippen molar-refractivity contribution in [3.05, 3.63) is 53.7 Å². The molecule has 0 aliphatic heterocycles. The fourth-order valence-electron chi connectivity index (χ4n) is 1.69. The van der Waals surface area contributed by atoms with Crippen LogP contribution in [0.3, 0.4) is 0 Å². The molecule has 0 fully saturated rings. The maximum absolute atomic E-state index is 13.5. The Balaban J connectivity index is 2.16. The minimum absolute atomic E-state index is 0.0929. The van der Waals surface area contributed by atoms with Crippen LogP contribution in [0.25, 0.3) is 0 Å². The minimum atomic E-state index is -4.28. The van der Waals surface area contributed by atoms with Gasteiger partial charge in [-0.2, -0.15) is 17.6 Å². The molecule has 1 heterocycles. The molecule has 2 rings (SSSR count). The first-order valence-corrected chi connectivity index (χ1v) is 6.41. The number of alkyl halides is 4. The number of carbonyl (C=O) groups is 1. The highest BCUT2D eigenvalue weighted by molar-refractivity contribution is 5.92. The van der Waals surface area contributed by atoms with Gasteiger partial charge in [-0.05, 0) is 30.3 Å². The Morgan fingerprint density at radius 2 is 1.70 bits per heavy atom. The summed E-state index contributed by atoms with van der Waals surface area (Å²) in [6, 6.07) is 6.69. The predicted molar refractivity (Wildman–Crippen MR) is 73.8 cm³/mol. The van der Waals surface area contributed by atoms with Crippen molar-refractivity contribution >= 4 is 5.91 Å². The van der Waals surface area contributed by atoms with Gasteiger partial charge in [-0.1, -0.05) is 0 Å². The zero-order valence-electron chi connectivity index (χ0n) is 11.9. The summed E-state index contributed by atoms with van der Waals surface area (Å²) in [6.45, 7) is 0.154. The number of carbonyl (C=O) groups excluding carboxylic acids is 1. The molecular weight excluding hydrogens is 316 g/mol. The van der Waals surface area contributed by atoms with Crippen molar-refractivity contribution in [2.45, 2.75) is 18.8 Å². The van der Waals surface area contributed by atoms with E-state index in [1.165, 1.54) is 18.3 Å². The number of amides is 1. The molecule has 0 atom stereocenters. The van der Waals surface area contributed by atoms with Gasteiger partial charge < -0.3 is 10.5 Å². The maximum Gasteiger partial charge on any atom is 0.335 e. The molecule has 0 radical (unpaired) electrons. The second-order valence-corrected chi connectivity index (χ2v) is 4.84. The highest BCUT2D eigenvalue weighted by atomic mass is 19.3. The number of halogens is 4. The fraction of sp³-hybridized carbons (Fsp3) is 0.200. The van der Waals surface area contributed by atoms with E-state index in [2.05, 4.69) is 4.98 Å². The van der Waals surface area contributed by atoms with Crippen molar-refractivity contribution in [1.82, 2.24) is 4.98 Å². The molecule has 0 aliphatic carbocycles. The molecule has 1 aromatic heterocycles. The molecule has 8 heteroatoms. The van der Waals surface area contributed by atoms with Crippen LogP contribution in [0.4, 0.5) is 17.6 Å². The van der Waals surface area contributed by atoms with E-state index in [-0.39, 0.29) is 24.1 Å². The Morgan fingerprint density at radius 1 is 1.09 bits per heavy atom. The van der Waals surface area contributed by atoms with Gasteiger partial charge in [0.1, 0.15) is 5.75 Å². The summed E-state index contributed by atoms with van der Waals surface area (Å²) in [6.07, 6.45) is 1.19. The zero-order chi connectivity index (χ0) is 17.3. The molecule has 0 spiro atoms. The molecule has 23 heavy (non-hydrogen) atoms. The highest BCUT2D eigenvalue weighted by Gasteiger charge is 2.53. The van der Waals surface area contributed by atoms with Gasteiger partial charge in [0, 0.05) is 24.8 Å². The summed E-state index contributed by atoms with van der Waals surface area (Å²) in [5.74, 6) is -8.90. The largest absolute Gasteiger partial charge is 0.439 e. The highest BCUT2D eigenvalue weighted by Crippen LogP contribution is 2.42. The average Bonchev–Trinajstić information content (AvgIpc) is 2.47. The van der Waals surface area contributed by atoms with Crippen LogP contribution in [-0.2, 0) is 5.92 Å². The Kier molecular flexibility index (Phi) is 4.26. The number of benzene rings is 1. The van der Waals surface area contributed by atoms with Crippen LogP contribution in [0.5, 0.6) is 11.6 Å². The normalized spacial score (nSPS) is 12.0. The third-order valence-corrected chi connectivity index (χ3v) is 3.01. The second-order valence-electron chi connectivity index (χ2n) is 4.84. The monoisotopic (exact) mass is 328 g/mol. The number of hydrogen-bond donors (Lipinski definition) is 1. The molecule has 4 nitrogen and oxygen atoms in total. The molecule has 1 aromatic carbocycles. The van der Waals surface area contributed by atoms with Crippen LogP contribution >= 0.6 is 0 Å². The Hall–Kier alpha value is -2.64. The zero-order valence-corrected chi connectivity index (χ0v) is 11.9. The van der Waals surface area contributed by atoms with Crippen LogP contribution in [0.1, 0.15) is 22.8 Å². The molecule has 0 aliphatic rings. The van der Waals surface area contributed by atoms with E-state index in [1.54, 1.807) is 0 Å². The topological polar surface area (TPSA) is 65.2 Å². The minimum Gasteiger partial charge on any atom is -0.439 e. The lowest BCUT2D eigenvalue weighted by atomic mass is 10.0. The van der Waals surface area contributed by atoms with Gasteiger partial charge in [0.15, 0.2) is 0 Å². The van der Waals surface area contributed by atoms with Crippen LogP contribution in [0, 0.1) is 0 Å². The first-order chi connectivity index (χ1) is 10.6. The first-order valence-electron chi connectivity index (χ1n) is 6.41. The van der Waals surface area contributed by atoms with Gasteiger partial charge in [0.05, 0.1) is 5.56 Å². The van der Waals surface area contributed by atoms with E-state index in [9.17, 15) is 22.4 Å². The van der Waals surface area contributed by atoms with Crippen LogP contribution in [-0.4, -0.2) is 16.8 Å². The number of ether oxygens (including phenoxy) is 1. The Bertz CT molecular complexity index is 695. The number of rotatable bonds is 5. The molecule has 0 bridgehead atoms. The second kappa shape index (κ2) is 5.86. The van der Waals surface area contributed by atoms with Gasteiger partial charge >= 0.3 is 11.8 Å². The predicted octanol–water partition coefficient (Wildman–Crippen LogP) is 3.72.